The molecule has 0 fully saturated rings. The number of allylic oxidation sites excluding steroid dienone is 1. The Hall–Kier alpha value is -2.56. The lowest BCUT2D eigenvalue weighted by Gasteiger charge is -2.18. The van der Waals surface area contributed by atoms with Crippen LogP contribution < -0.4 is 4.74 Å². The van der Waals surface area contributed by atoms with Crippen LogP contribution >= 0.6 is 0 Å². The summed E-state index contributed by atoms with van der Waals surface area (Å²) < 4.78 is 45.8. The van der Waals surface area contributed by atoms with Crippen LogP contribution in [0.15, 0.2) is 35.9 Å². The maximum Gasteiger partial charge on any atom is 0.346 e. The Kier molecular flexibility index (Phi) is 4.93. The molecule has 0 amide bonds. The van der Waals surface area contributed by atoms with Crippen molar-refractivity contribution in [3.05, 3.63) is 70.0 Å². The molecule has 130 valence electrons. The summed E-state index contributed by atoms with van der Waals surface area (Å²) in [5, 5.41) is 0. The first-order valence-corrected chi connectivity index (χ1v) is 8.17. The molecule has 0 aliphatic heterocycles. The van der Waals surface area contributed by atoms with Gasteiger partial charge in [-0.3, -0.25) is 0 Å². The summed E-state index contributed by atoms with van der Waals surface area (Å²) in [5.74, 6) is -3.91. The standard InChI is InChI=1S/C20H17F3O2/c1-2-3-12-4-7-15-13(10-12)5-8-16(19(15)23)20(24)25-14-6-9-17(21)18(22)11-14/h5-6,8-11H,2-4,7H2,1H3. The van der Waals surface area contributed by atoms with Crippen LogP contribution in [0.5, 0.6) is 5.75 Å². The molecule has 0 unspecified atom stereocenters. The van der Waals surface area contributed by atoms with Crippen molar-refractivity contribution in [1.82, 2.24) is 0 Å². The van der Waals surface area contributed by atoms with Gasteiger partial charge in [0, 0.05) is 6.07 Å². The number of benzene rings is 2. The fraction of sp³-hybridized carbons (Fsp3) is 0.250. The lowest BCUT2D eigenvalue weighted by Crippen LogP contribution is -2.14. The lowest BCUT2D eigenvalue weighted by atomic mass is 9.88. The first-order chi connectivity index (χ1) is 12.0. The molecule has 1 aliphatic rings. The van der Waals surface area contributed by atoms with Crippen molar-refractivity contribution < 1.29 is 22.7 Å². The Bertz CT molecular complexity index is 856. The first-order valence-electron chi connectivity index (χ1n) is 8.17. The monoisotopic (exact) mass is 346 g/mol. The van der Waals surface area contributed by atoms with Gasteiger partial charge in [0.1, 0.15) is 11.6 Å². The molecule has 5 heteroatoms. The van der Waals surface area contributed by atoms with E-state index in [9.17, 15) is 18.0 Å². The molecule has 0 spiro atoms. The fourth-order valence-corrected chi connectivity index (χ4v) is 2.98. The summed E-state index contributed by atoms with van der Waals surface area (Å²) in [5.41, 5.74) is 2.32. The average molecular weight is 346 g/mol. The maximum absolute atomic E-state index is 14.7. The molecule has 0 saturated carbocycles. The van der Waals surface area contributed by atoms with Gasteiger partial charge in [-0.15, -0.1) is 0 Å². The van der Waals surface area contributed by atoms with Gasteiger partial charge >= 0.3 is 5.97 Å². The normalized spacial score (nSPS) is 13.2. The summed E-state index contributed by atoms with van der Waals surface area (Å²) in [6.45, 7) is 2.09. The molecule has 0 atom stereocenters. The highest BCUT2D eigenvalue weighted by Crippen LogP contribution is 2.30. The summed E-state index contributed by atoms with van der Waals surface area (Å²) in [6.07, 6.45) is 5.26. The number of halogens is 3. The van der Waals surface area contributed by atoms with E-state index in [2.05, 4.69) is 6.92 Å². The van der Waals surface area contributed by atoms with E-state index in [0.29, 0.717) is 12.0 Å². The van der Waals surface area contributed by atoms with E-state index < -0.39 is 23.4 Å². The minimum absolute atomic E-state index is 0.175. The van der Waals surface area contributed by atoms with Crippen molar-refractivity contribution >= 4 is 12.0 Å². The van der Waals surface area contributed by atoms with Gasteiger partial charge in [-0.05, 0) is 48.6 Å². The Morgan fingerprint density at radius 1 is 1.08 bits per heavy atom. The summed E-state index contributed by atoms with van der Waals surface area (Å²) in [4.78, 5) is 12.2. The fourth-order valence-electron chi connectivity index (χ4n) is 2.98. The average Bonchev–Trinajstić information content (AvgIpc) is 2.58. The topological polar surface area (TPSA) is 26.3 Å². The van der Waals surface area contributed by atoms with Gasteiger partial charge in [0.15, 0.2) is 11.6 Å². The van der Waals surface area contributed by atoms with Gasteiger partial charge in [-0.25, -0.2) is 18.0 Å². The Labute approximate surface area is 143 Å². The van der Waals surface area contributed by atoms with Crippen LogP contribution in [0, 0.1) is 17.5 Å². The Morgan fingerprint density at radius 3 is 2.60 bits per heavy atom. The zero-order valence-corrected chi connectivity index (χ0v) is 13.7. The van der Waals surface area contributed by atoms with Crippen molar-refractivity contribution in [2.24, 2.45) is 0 Å². The molecular formula is C20H17F3O2. The SMILES string of the molecule is CCCC1=Cc2ccc(C(=O)Oc3ccc(F)c(F)c3)c(F)c2CC1. The Balaban J connectivity index is 1.86. The molecule has 0 bridgehead atoms. The maximum atomic E-state index is 14.7. The van der Waals surface area contributed by atoms with Crippen molar-refractivity contribution in [2.45, 2.75) is 32.6 Å². The third-order valence-corrected chi connectivity index (χ3v) is 4.23. The molecule has 2 aromatic rings. The molecule has 2 nitrogen and oxygen atoms in total. The molecule has 0 N–H and O–H groups in total. The van der Waals surface area contributed by atoms with Crippen LogP contribution in [0.2, 0.25) is 0 Å². The minimum atomic E-state index is -1.13. The molecule has 2 aromatic carbocycles. The van der Waals surface area contributed by atoms with Crippen LogP contribution in [-0.4, -0.2) is 5.97 Å². The third kappa shape index (κ3) is 3.60. The summed E-state index contributed by atoms with van der Waals surface area (Å²) in [7, 11) is 0. The number of hydrogen-bond acceptors (Lipinski definition) is 2. The summed E-state index contributed by atoms with van der Waals surface area (Å²) >= 11 is 0. The molecule has 0 heterocycles. The van der Waals surface area contributed by atoms with E-state index in [0.717, 1.165) is 43.0 Å². The second kappa shape index (κ2) is 7.13. The van der Waals surface area contributed by atoms with Crippen LogP contribution in [0.3, 0.4) is 0 Å². The zero-order valence-electron chi connectivity index (χ0n) is 13.7. The predicted molar refractivity (Wildman–Crippen MR) is 88.9 cm³/mol. The lowest BCUT2D eigenvalue weighted by molar-refractivity contribution is 0.0729. The number of hydrogen-bond donors (Lipinski definition) is 0. The van der Waals surface area contributed by atoms with Gasteiger partial charge in [0.2, 0.25) is 0 Å². The molecule has 0 aromatic heterocycles. The van der Waals surface area contributed by atoms with Crippen molar-refractivity contribution in [3.63, 3.8) is 0 Å². The molecule has 3 rings (SSSR count). The van der Waals surface area contributed by atoms with E-state index in [-0.39, 0.29) is 11.3 Å². The van der Waals surface area contributed by atoms with Crippen LogP contribution in [-0.2, 0) is 6.42 Å². The van der Waals surface area contributed by atoms with E-state index in [1.54, 1.807) is 6.07 Å². The number of esters is 1. The van der Waals surface area contributed by atoms with Crippen LogP contribution in [0.4, 0.5) is 13.2 Å². The van der Waals surface area contributed by atoms with Crippen molar-refractivity contribution in [1.29, 1.82) is 0 Å². The van der Waals surface area contributed by atoms with Gasteiger partial charge in [-0.2, -0.15) is 0 Å². The number of rotatable bonds is 4. The number of carbonyl (C=O) groups excluding carboxylic acids is 1. The van der Waals surface area contributed by atoms with E-state index in [1.165, 1.54) is 11.6 Å². The third-order valence-electron chi connectivity index (χ3n) is 4.23. The number of carbonyl (C=O) groups is 1. The predicted octanol–water partition coefficient (Wildman–Crippen LogP) is 5.45. The quantitative estimate of drug-likeness (QED) is 0.543. The Morgan fingerprint density at radius 2 is 1.88 bits per heavy atom. The molecule has 0 radical (unpaired) electrons. The van der Waals surface area contributed by atoms with Crippen molar-refractivity contribution in [2.75, 3.05) is 0 Å². The van der Waals surface area contributed by atoms with Gasteiger partial charge in [0.05, 0.1) is 5.56 Å². The van der Waals surface area contributed by atoms with Gasteiger partial charge in [0.25, 0.3) is 0 Å². The number of ether oxygens (including phenoxy) is 1. The van der Waals surface area contributed by atoms with E-state index in [1.807, 2.05) is 6.08 Å². The van der Waals surface area contributed by atoms with Gasteiger partial charge in [-0.1, -0.05) is 31.1 Å². The molecule has 25 heavy (non-hydrogen) atoms. The smallest absolute Gasteiger partial charge is 0.346 e. The van der Waals surface area contributed by atoms with E-state index in [4.69, 9.17) is 4.74 Å². The molecule has 0 saturated heterocycles. The van der Waals surface area contributed by atoms with Crippen LogP contribution in [0.25, 0.3) is 6.08 Å². The van der Waals surface area contributed by atoms with E-state index >= 15 is 0 Å². The second-order valence-electron chi connectivity index (χ2n) is 6.01. The largest absolute Gasteiger partial charge is 0.423 e. The molecular weight excluding hydrogens is 329 g/mol. The van der Waals surface area contributed by atoms with Crippen molar-refractivity contribution in [3.8, 4) is 5.75 Å². The first kappa shape index (κ1) is 17.3. The molecule has 1 aliphatic carbocycles. The highest BCUT2D eigenvalue weighted by atomic mass is 19.2. The zero-order chi connectivity index (χ0) is 18.0. The highest BCUT2D eigenvalue weighted by molar-refractivity contribution is 5.92. The second-order valence-corrected chi connectivity index (χ2v) is 6.01. The van der Waals surface area contributed by atoms with Gasteiger partial charge < -0.3 is 4.74 Å². The summed E-state index contributed by atoms with van der Waals surface area (Å²) in [6, 6.07) is 5.77. The number of fused-ring (bicyclic) bond motifs is 1. The van der Waals surface area contributed by atoms with Crippen LogP contribution in [0.1, 0.15) is 47.7 Å². The minimum Gasteiger partial charge on any atom is -0.423 e. The highest BCUT2D eigenvalue weighted by Gasteiger charge is 2.22.